The van der Waals surface area contributed by atoms with Gasteiger partial charge in [-0.15, -0.1) is 13.2 Å². The average molecular weight is 536 g/mol. The van der Waals surface area contributed by atoms with Crippen LogP contribution in [0.2, 0.25) is 0 Å². The van der Waals surface area contributed by atoms with Crippen LogP contribution in [0, 0.1) is 22.6 Å². The molecule has 0 amide bonds. The number of aromatic nitrogens is 2. The fourth-order valence-corrected chi connectivity index (χ4v) is 6.04. The Bertz CT molecular complexity index is 1310. The molecule has 0 saturated heterocycles. The third-order valence-electron chi connectivity index (χ3n) is 7.07. The Hall–Kier alpha value is -3.30. The Morgan fingerprint density at radius 3 is 2.29 bits per heavy atom. The normalized spacial score (nSPS) is 18.3. The summed E-state index contributed by atoms with van der Waals surface area (Å²) >= 11 is 0. The van der Waals surface area contributed by atoms with E-state index in [0.717, 1.165) is 19.3 Å². The number of rotatable bonds is 7. The molecule has 1 atom stereocenters. The van der Waals surface area contributed by atoms with Crippen molar-refractivity contribution in [2.24, 2.45) is 16.7 Å². The van der Waals surface area contributed by atoms with Gasteiger partial charge in [0.05, 0.1) is 11.4 Å². The summed E-state index contributed by atoms with van der Waals surface area (Å²) in [5.41, 5.74) is 1.47. The lowest BCUT2D eigenvalue weighted by atomic mass is 9.63. The van der Waals surface area contributed by atoms with Crippen LogP contribution in [0.15, 0.2) is 36.4 Å². The molecule has 1 saturated carbocycles. The van der Waals surface area contributed by atoms with Gasteiger partial charge in [0.2, 0.25) is 5.95 Å². The molecule has 10 heteroatoms. The maximum Gasteiger partial charge on any atom is 0.573 e. The lowest BCUT2D eigenvalue weighted by Crippen LogP contribution is -2.35. The van der Waals surface area contributed by atoms with Crippen molar-refractivity contribution in [3.63, 3.8) is 0 Å². The van der Waals surface area contributed by atoms with Gasteiger partial charge in [0.15, 0.2) is 5.82 Å². The number of fused-ring (bicyclic) bond motifs is 1. The Labute approximate surface area is 219 Å². The van der Waals surface area contributed by atoms with Gasteiger partial charge in [-0.05, 0) is 72.4 Å². The number of carboxylic acids is 1. The van der Waals surface area contributed by atoms with Crippen LogP contribution in [-0.4, -0.2) is 27.0 Å². The van der Waals surface area contributed by atoms with E-state index < -0.39 is 24.1 Å². The number of ether oxygens (including phenoxy) is 1. The Morgan fingerprint density at radius 2 is 1.74 bits per heavy atom. The van der Waals surface area contributed by atoms with Gasteiger partial charge >= 0.3 is 12.3 Å². The van der Waals surface area contributed by atoms with Crippen molar-refractivity contribution in [3.8, 4) is 5.75 Å². The number of alkyl halides is 3. The van der Waals surface area contributed by atoms with E-state index in [9.17, 15) is 23.1 Å². The van der Waals surface area contributed by atoms with Crippen molar-refractivity contribution < 1.29 is 32.2 Å². The number of halogens is 4. The van der Waals surface area contributed by atoms with Gasteiger partial charge in [-0.1, -0.05) is 40.7 Å². The third kappa shape index (κ3) is 6.22. The number of carbonyl (C=O) groups is 1. The third-order valence-corrected chi connectivity index (χ3v) is 7.07. The summed E-state index contributed by atoms with van der Waals surface area (Å²) in [5.74, 6) is -2.33. The zero-order chi connectivity index (χ0) is 28.0. The monoisotopic (exact) mass is 535 g/mol. The first-order chi connectivity index (χ1) is 17.5. The lowest BCUT2D eigenvalue weighted by Gasteiger charge is -2.45. The Kier molecular flexibility index (Phi) is 7.14. The molecule has 206 valence electrons. The first kappa shape index (κ1) is 27.7. The quantitative estimate of drug-likeness (QED) is 0.301. The van der Waals surface area contributed by atoms with E-state index in [1.54, 1.807) is 12.1 Å². The van der Waals surface area contributed by atoms with Crippen molar-refractivity contribution in [1.29, 1.82) is 0 Å². The second-order valence-corrected chi connectivity index (χ2v) is 11.9. The topological polar surface area (TPSA) is 76.4 Å². The smallest absolute Gasteiger partial charge is 0.481 e. The molecule has 1 aliphatic rings. The summed E-state index contributed by atoms with van der Waals surface area (Å²) in [6.07, 6.45) is -2.09. The highest BCUT2D eigenvalue weighted by Gasteiger charge is 2.40. The largest absolute Gasteiger partial charge is 0.573 e. The van der Waals surface area contributed by atoms with E-state index in [1.807, 2.05) is 4.57 Å². The molecule has 1 unspecified atom stereocenters. The van der Waals surface area contributed by atoms with E-state index in [-0.39, 0.29) is 40.1 Å². The molecule has 1 aromatic heterocycles. The molecule has 0 aliphatic heterocycles. The summed E-state index contributed by atoms with van der Waals surface area (Å²) in [7, 11) is 0. The van der Waals surface area contributed by atoms with Gasteiger partial charge in [0.25, 0.3) is 0 Å². The molecule has 4 rings (SSSR count). The average Bonchev–Trinajstić information content (AvgIpc) is 3.12. The summed E-state index contributed by atoms with van der Waals surface area (Å²) in [6, 6.07) is 8.64. The van der Waals surface area contributed by atoms with Gasteiger partial charge in [-0.25, -0.2) is 9.37 Å². The molecule has 6 nitrogen and oxygen atoms in total. The maximum absolute atomic E-state index is 15.7. The molecule has 0 radical (unpaired) electrons. The predicted molar refractivity (Wildman–Crippen MR) is 137 cm³/mol. The molecule has 1 fully saturated rings. The number of anilines is 2. The second-order valence-electron chi connectivity index (χ2n) is 11.9. The number of imidazole rings is 1. The summed E-state index contributed by atoms with van der Waals surface area (Å²) in [6.45, 7) is 10.4. The molecule has 38 heavy (non-hydrogen) atoms. The minimum Gasteiger partial charge on any atom is -0.481 e. The molecule has 1 heterocycles. The van der Waals surface area contributed by atoms with Crippen LogP contribution in [0.4, 0.5) is 29.2 Å². The molecule has 0 bridgehead atoms. The van der Waals surface area contributed by atoms with Crippen molar-refractivity contribution in [2.75, 3.05) is 5.32 Å². The highest BCUT2D eigenvalue weighted by Crippen LogP contribution is 2.51. The van der Waals surface area contributed by atoms with Crippen LogP contribution in [0.25, 0.3) is 11.0 Å². The van der Waals surface area contributed by atoms with Crippen molar-refractivity contribution in [3.05, 3.63) is 47.8 Å². The van der Waals surface area contributed by atoms with Gasteiger partial charge < -0.3 is 19.7 Å². The first-order valence-corrected chi connectivity index (χ1v) is 12.6. The van der Waals surface area contributed by atoms with Crippen LogP contribution in [-0.2, 0) is 11.2 Å². The van der Waals surface area contributed by atoms with Crippen LogP contribution in [0.3, 0.4) is 0 Å². The fraction of sp³-hybridized carbons (Fsp3) is 0.500. The van der Waals surface area contributed by atoms with Gasteiger partial charge in [-0.2, -0.15) is 0 Å². The number of hydrogen-bond donors (Lipinski definition) is 2. The standard InChI is InChI=1S/C28H33F4N3O3/c1-16(24(36)37)12-17-6-11-21-23(22(17)29)34-25(33-18-7-9-20(10-8-18)38-28(30,31)32)35(21)19-13-26(2,3)15-27(4,5)14-19/h6-11,16,19H,12-15H2,1-5H3,(H,33,34)(H,36,37). The van der Waals surface area contributed by atoms with E-state index in [1.165, 1.54) is 31.2 Å². The number of nitrogens with one attached hydrogen (secondary N) is 1. The summed E-state index contributed by atoms with van der Waals surface area (Å²) in [4.78, 5) is 15.9. The Morgan fingerprint density at radius 1 is 1.13 bits per heavy atom. The maximum atomic E-state index is 15.7. The second kappa shape index (κ2) is 9.78. The van der Waals surface area contributed by atoms with Gasteiger partial charge in [-0.3, -0.25) is 4.79 Å². The number of nitrogens with zero attached hydrogens (tertiary/aromatic N) is 2. The van der Waals surface area contributed by atoms with Crippen LogP contribution in [0.5, 0.6) is 5.75 Å². The highest BCUT2D eigenvalue weighted by atomic mass is 19.4. The number of carboxylic acid groups (broad SMARTS) is 1. The molecule has 1 aliphatic carbocycles. The number of hydrogen-bond acceptors (Lipinski definition) is 4. The van der Waals surface area contributed by atoms with Crippen LogP contribution < -0.4 is 10.1 Å². The van der Waals surface area contributed by atoms with Crippen LogP contribution in [0.1, 0.15) is 65.5 Å². The zero-order valence-electron chi connectivity index (χ0n) is 22.1. The van der Waals surface area contributed by atoms with E-state index in [2.05, 4.69) is 42.7 Å². The molecular weight excluding hydrogens is 502 g/mol. The lowest BCUT2D eigenvalue weighted by molar-refractivity contribution is -0.274. The van der Waals surface area contributed by atoms with Gasteiger partial charge in [0, 0.05) is 11.7 Å². The molecule has 2 N–H and O–H groups in total. The Balaban J connectivity index is 1.78. The summed E-state index contributed by atoms with van der Waals surface area (Å²) < 4.78 is 59.3. The van der Waals surface area contributed by atoms with Gasteiger partial charge in [0.1, 0.15) is 11.3 Å². The molecule has 2 aromatic carbocycles. The minimum atomic E-state index is -4.79. The zero-order valence-corrected chi connectivity index (χ0v) is 22.1. The van der Waals surface area contributed by atoms with E-state index in [4.69, 9.17) is 0 Å². The number of aliphatic carboxylic acids is 1. The predicted octanol–water partition coefficient (Wildman–Crippen LogP) is 7.86. The minimum absolute atomic E-state index is 0.0164. The van der Waals surface area contributed by atoms with Crippen molar-refractivity contribution in [1.82, 2.24) is 9.55 Å². The molecule has 0 spiro atoms. The van der Waals surface area contributed by atoms with Crippen LogP contribution >= 0.6 is 0 Å². The molecule has 3 aromatic rings. The highest BCUT2D eigenvalue weighted by molar-refractivity contribution is 5.82. The summed E-state index contributed by atoms with van der Waals surface area (Å²) in [5, 5.41) is 12.5. The fourth-order valence-electron chi connectivity index (χ4n) is 6.04. The van der Waals surface area contributed by atoms with E-state index in [0.29, 0.717) is 17.2 Å². The van der Waals surface area contributed by atoms with Crippen molar-refractivity contribution in [2.45, 2.75) is 72.7 Å². The SMILES string of the molecule is CC(Cc1ccc2c(nc(Nc3ccc(OC(F)(F)F)cc3)n2C2CC(C)(C)CC(C)(C)C2)c1F)C(=O)O. The molecular formula is C28H33F4N3O3. The van der Waals surface area contributed by atoms with Crippen molar-refractivity contribution >= 4 is 28.6 Å². The number of benzene rings is 2. The van der Waals surface area contributed by atoms with E-state index >= 15 is 4.39 Å². The first-order valence-electron chi connectivity index (χ1n) is 12.6.